The predicted octanol–water partition coefficient (Wildman–Crippen LogP) is 2.72. The summed E-state index contributed by atoms with van der Waals surface area (Å²) in [5, 5.41) is 1.09. The summed E-state index contributed by atoms with van der Waals surface area (Å²) in [5.74, 6) is 0.797. The van der Waals surface area contributed by atoms with E-state index in [1.807, 2.05) is 20.8 Å². The highest BCUT2D eigenvalue weighted by Crippen LogP contribution is 2.16. The third-order valence-corrected chi connectivity index (χ3v) is 6.35. The fourth-order valence-electron chi connectivity index (χ4n) is 2.28. The monoisotopic (exact) mass is 314 g/mol. The molecule has 20 heavy (non-hydrogen) atoms. The van der Waals surface area contributed by atoms with Crippen molar-refractivity contribution < 1.29 is 13.3 Å². The number of rotatable bonds is 9. The van der Waals surface area contributed by atoms with E-state index in [4.69, 9.17) is 13.3 Å². The molecule has 114 valence electrons. The molecule has 5 heteroatoms. The van der Waals surface area contributed by atoms with E-state index in [2.05, 4.69) is 37.8 Å². The lowest BCUT2D eigenvalue weighted by molar-refractivity contribution is 0.0857. The summed E-state index contributed by atoms with van der Waals surface area (Å²) in [6.45, 7) is 9.78. The van der Waals surface area contributed by atoms with Crippen LogP contribution in [-0.2, 0) is 19.7 Å². The lowest BCUT2D eigenvalue weighted by Gasteiger charge is -2.30. The van der Waals surface area contributed by atoms with Crippen LogP contribution in [0.4, 0.5) is 0 Å². The Balaban J connectivity index is 3.29. The van der Waals surface area contributed by atoms with Gasteiger partial charge in [0.15, 0.2) is 0 Å². The van der Waals surface area contributed by atoms with Crippen LogP contribution >= 0.6 is 12.6 Å². The largest absolute Gasteiger partial charge is 0.537 e. The van der Waals surface area contributed by atoms with Gasteiger partial charge in [-0.3, -0.25) is 0 Å². The summed E-state index contributed by atoms with van der Waals surface area (Å²) in [6.07, 6.45) is 0.891. The van der Waals surface area contributed by atoms with Gasteiger partial charge in [0.25, 0.3) is 0 Å². The van der Waals surface area contributed by atoms with E-state index in [1.165, 1.54) is 11.1 Å². The highest BCUT2D eigenvalue weighted by Gasteiger charge is 2.44. The second kappa shape index (κ2) is 8.84. The Labute approximate surface area is 129 Å². The van der Waals surface area contributed by atoms with Crippen molar-refractivity contribution in [1.82, 2.24) is 0 Å². The molecule has 0 unspecified atom stereocenters. The third-order valence-electron chi connectivity index (χ3n) is 2.97. The first-order valence-corrected chi connectivity index (χ1v) is 9.61. The molecule has 0 radical (unpaired) electrons. The van der Waals surface area contributed by atoms with Crippen LogP contribution in [0.3, 0.4) is 0 Å². The highest BCUT2D eigenvalue weighted by molar-refractivity contribution is 7.80. The smallest absolute Gasteiger partial charge is 0.370 e. The van der Waals surface area contributed by atoms with Crippen molar-refractivity contribution >= 4 is 26.6 Å². The first-order valence-electron chi connectivity index (χ1n) is 7.26. The molecule has 3 nitrogen and oxygen atoms in total. The zero-order valence-electron chi connectivity index (χ0n) is 12.9. The van der Waals surface area contributed by atoms with E-state index in [0.717, 1.165) is 17.4 Å². The summed E-state index contributed by atoms with van der Waals surface area (Å²) >= 11 is 4.36. The third kappa shape index (κ3) is 4.33. The van der Waals surface area contributed by atoms with Crippen molar-refractivity contribution in [3.8, 4) is 0 Å². The minimum atomic E-state index is -2.81. The fourth-order valence-corrected chi connectivity index (χ4v) is 5.25. The van der Waals surface area contributed by atoms with Gasteiger partial charge in [-0.2, -0.15) is 12.6 Å². The topological polar surface area (TPSA) is 27.7 Å². The normalized spacial score (nSPS) is 11.8. The van der Waals surface area contributed by atoms with Crippen LogP contribution < -0.4 is 5.19 Å². The Morgan fingerprint density at radius 3 is 2.00 bits per heavy atom. The molecule has 0 saturated heterocycles. The van der Waals surface area contributed by atoms with Gasteiger partial charge in [0.05, 0.1) is 0 Å². The Morgan fingerprint density at radius 1 is 1.00 bits per heavy atom. The minimum Gasteiger partial charge on any atom is -0.370 e. The quantitative estimate of drug-likeness (QED) is 0.561. The second-order valence-electron chi connectivity index (χ2n) is 4.49. The Morgan fingerprint density at radius 2 is 1.55 bits per heavy atom. The number of aryl methyl sites for hydroxylation is 2. The summed E-state index contributed by atoms with van der Waals surface area (Å²) in [5.41, 5.74) is 2.46. The van der Waals surface area contributed by atoms with Crippen molar-refractivity contribution in [3.63, 3.8) is 0 Å². The summed E-state index contributed by atoms with van der Waals surface area (Å²) in [4.78, 5) is 0. The van der Waals surface area contributed by atoms with E-state index in [9.17, 15) is 0 Å². The van der Waals surface area contributed by atoms with Crippen LogP contribution in [0.1, 0.15) is 31.9 Å². The molecule has 0 aliphatic heterocycles. The molecule has 0 atom stereocenters. The van der Waals surface area contributed by atoms with Crippen molar-refractivity contribution in [2.75, 3.05) is 25.6 Å². The molecule has 0 saturated carbocycles. The Bertz CT molecular complexity index is 395. The van der Waals surface area contributed by atoms with Crippen LogP contribution in [0, 0.1) is 6.92 Å². The predicted molar refractivity (Wildman–Crippen MR) is 89.0 cm³/mol. The van der Waals surface area contributed by atoms with Crippen LogP contribution in [0.2, 0.25) is 0 Å². The Kier molecular flexibility index (Phi) is 7.83. The van der Waals surface area contributed by atoms with Crippen molar-refractivity contribution in [2.24, 2.45) is 0 Å². The lowest BCUT2D eigenvalue weighted by Crippen LogP contribution is -2.58. The standard InChI is InChI=1S/C15H26O3SSi/c1-5-16-20(17-6-2,18-7-3)15-9-8-13(4)12-14(15)10-11-19/h8-9,12,19H,5-7,10-11H2,1-4H3. The molecule has 1 aromatic rings. The van der Waals surface area contributed by atoms with E-state index >= 15 is 0 Å². The first-order chi connectivity index (χ1) is 9.63. The molecule has 0 aromatic heterocycles. The zero-order valence-corrected chi connectivity index (χ0v) is 14.8. The van der Waals surface area contributed by atoms with Crippen molar-refractivity contribution in [2.45, 2.75) is 34.1 Å². The average Bonchev–Trinajstić information content (AvgIpc) is 2.40. The molecule has 0 aliphatic rings. The molecular formula is C15H26O3SSi. The molecular weight excluding hydrogens is 288 g/mol. The van der Waals surface area contributed by atoms with Gasteiger partial charge < -0.3 is 13.3 Å². The number of hydrogen-bond donors (Lipinski definition) is 1. The number of hydrogen-bond acceptors (Lipinski definition) is 4. The maximum atomic E-state index is 5.99. The molecule has 0 heterocycles. The van der Waals surface area contributed by atoms with E-state index in [-0.39, 0.29) is 0 Å². The SMILES string of the molecule is CCO[Si](OCC)(OCC)c1ccc(C)cc1CCS. The van der Waals surface area contributed by atoms with Gasteiger partial charge in [-0.15, -0.1) is 0 Å². The lowest BCUT2D eigenvalue weighted by atomic mass is 10.1. The van der Waals surface area contributed by atoms with Gasteiger partial charge in [-0.25, -0.2) is 0 Å². The number of benzene rings is 1. The van der Waals surface area contributed by atoms with Crippen molar-refractivity contribution in [1.29, 1.82) is 0 Å². The summed E-state index contributed by atoms with van der Waals surface area (Å²) < 4.78 is 18.0. The first kappa shape index (κ1) is 17.7. The molecule has 0 spiro atoms. The fraction of sp³-hybridized carbons (Fsp3) is 0.600. The van der Waals surface area contributed by atoms with Gasteiger partial charge in [-0.05, 0) is 45.4 Å². The van der Waals surface area contributed by atoms with Gasteiger partial charge in [0, 0.05) is 25.0 Å². The van der Waals surface area contributed by atoms with Crippen LogP contribution in [0.25, 0.3) is 0 Å². The molecule has 0 aliphatic carbocycles. The number of thiol groups is 1. The van der Waals surface area contributed by atoms with Crippen molar-refractivity contribution in [3.05, 3.63) is 29.3 Å². The molecule has 0 bridgehead atoms. The average molecular weight is 315 g/mol. The van der Waals surface area contributed by atoms with E-state index in [0.29, 0.717) is 19.8 Å². The van der Waals surface area contributed by atoms with Crippen LogP contribution in [0.15, 0.2) is 18.2 Å². The molecule has 1 aromatic carbocycles. The Hall–Kier alpha value is -0.333. The maximum Gasteiger partial charge on any atom is 0.537 e. The minimum absolute atomic E-state index is 0.584. The van der Waals surface area contributed by atoms with Gasteiger partial charge in [0.2, 0.25) is 0 Å². The van der Waals surface area contributed by atoms with Gasteiger partial charge in [0.1, 0.15) is 0 Å². The molecule has 0 fully saturated rings. The van der Waals surface area contributed by atoms with Gasteiger partial charge in [-0.1, -0.05) is 23.8 Å². The van der Waals surface area contributed by atoms with E-state index in [1.54, 1.807) is 0 Å². The van der Waals surface area contributed by atoms with E-state index < -0.39 is 8.80 Å². The molecule has 0 N–H and O–H groups in total. The molecule has 0 amide bonds. The summed E-state index contributed by atoms with van der Waals surface area (Å²) in [6, 6.07) is 6.38. The zero-order chi connectivity index (χ0) is 15.0. The summed E-state index contributed by atoms with van der Waals surface area (Å²) in [7, 11) is -2.81. The second-order valence-corrected chi connectivity index (χ2v) is 7.45. The van der Waals surface area contributed by atoms with Crippen LogP contribution in [-0.4, -0.2) is 34.4 Å². The van der Waals surface area contributed by atoms with Gasteiger partial charge >= 0.3 is 8.80 Å². The highest BCUT2D eigenvalue weighted by atomic mass is 32.1. The molecule has 1 rings (SSSR count). The van der Waals surface area contributed by atoms with Crippen LogP contribution in [0.5, 0.6) is 0 Å². The maximum absolute atomic E-state index is 5.99.